The molecule has 0 bridgehead atoms. The highest BCUT2D eigenvalue weighted by molar-refractivity contribution is 7.89. The van der Waals surface area contributed by atoms with E-state index in [2.05, 4.69) is 26.9 Å². The first-order valence-corrected chi connectivity index (χ1v) is 11.0. The molecule has 1 aromatic rings. The number of aryl methyl sites for hydroxylation is 1. The van der Waals surface area contributed by atoms with E-state index < -0.39 is 10.0 Å². The molecule has 0 unspecified atom stereocenters. The number of rotatable bonds is 6. The van der Waals surface area contributed by atoms with Crippen LogP contribution in [0.5, 0.6) is 0 Å². The molecule has 26 heavy (non-hydrogen) atoms. The van der Waals surface area contributed by atoms with Crippen LogP contribution in [-0.4, -0.2) is 52.0 Å². The van der Waals surface area contributed by atoms with Crippen LogP contribution in [0.1, 0.15) is 38.2 Å². The monoisotopic (exact) mass is 378 g/mol. The topological polar surface area (TPSA) is 73.8 Å². The number of likely N-dealkylation sites (tertiary alicyclic amines) is 1. The Labute approximate surface area is 157 Å². The lowest BCUT2D eigenvalue weighted by Crippen LogP contribution is -2.43. The first-order chi connectivity index (χ1) is 12.4. The first kappa shape index (κ1) is 19.2. The highest BCUT2D eigenvalue weighted by atomic mass is 32.2. The van der Waals surface area contributed by atoms with Crippen molar-refractivity contribution in [3.63, 3.8) is 0 Å². The Morgan fingerprint density at radius 1 is 1.23 bits per heavy atom. The summed E-state index contributed by atoms with van der Waals surface area (Å²) in [4.78, 5) is 7.26. The van der Waals surface area contributed by atoms with Gasteiger partial charge in [-0.2, -0.15) is 0 Å². The average Bonchev–Trinajstić information content (AvgIpc) is 3.04. The minimum atomic E-state index is -3.47. The summed E-state index contributed by atoms with van der Waals surface area (Å²) in [7, 11) is -3.47. The van der Waals surface area contributed by atoms with Crippen LogP contribution in [-0.2, 0) is 10.0 Å². The van der Waals surface area contributed by atoms with Gasteiger partial charge in [-0.3, -0.25) is 4.99 Å². The molecule has 1 aliphatic carbocycles. The Balaban J connectivity index is 1.54. The predicted molar refractivity (Wildman–Crippen MR) is 105 cm³/mol. The standard InChI is InChI=1S/C19H30N4O2S/c1-3-20-18(23-14-11-19(15-23)9-4-10-19)21-12-13-22-26(24,25)17-7-5-16(2)6-8-17/h5-8,22H,3-4,9-15H2,1-2H3,(H,20,21). The summed E-state index contributed by atoms with van der Waals surface area (Å²) in [6, 6.07) is 6.87. The van der Waals surface area contributed by atoms with Crippen molar-refractivity contribution in [2.45, 2.75) is 44.4 Å². The zero-order valence-electron chi connectivity index (χ0n) is 15.8. The molecule has 1 aliphatic heterocycles. The predicted octanol–water partition coefficient (Wildman–Crippen LogP) is 2.11. The van der Waals surface area contributed by atoms with Crippen LogP contribution < -0.4 is 10.0 Å². The minimum Gasteiger partial charge on any atom is -0.357 e. The van der Waals surface area contributed by atoms with Crippen LogP contribution in [0, 0.1) is 12.3 Å². The second-order valence-corrected chi connectivity index (χ2v) is 9.24. The van der Waals surface area contributed by atoms with Crippen molar-refractivity contribution in [2.24, 2.45) is 10.4 Å². The molecule has 1 spiro atoms. The molecule has 1 saturated heterocycles. The summed E-state index contributed by atoms with van der Waals surface area (Å²) < 4.78 is 27.3. The van der Waals surface area contributed by atoms with Gasteiger partial charge in [0.25, 0.3) is 0 Å². The lowest BCUT2D eigenvalue weighted by molar-refractivity contribution is 0.151. The number of aliphatic imine (C=N–C) groups is 1. The molecule has 1 aromatic carbocycles. The van der Waals surface area contributed by atoms with Gasteiger partial charge in [-0.1, -0.05) is 24.1 Å². The van der Waals surface area contributed by atoms with E-state index in [1.165, 1.54) is 25.7 Å². The fourth-order valence-corrected chi connectivity index (χ4v) is 4.79. The molecule has 2 fully saturated rings. The largest absolute Gasteiger partial charge is 0.357 e. The quantitative estimate of drug-likeness (QED) is 0.452. The van der Waals surface area contributed by atoms with Crippen LogP contribution in [0.2, 0.25) is 0 Å². The van der Waals surface area contributed by atoms with Crippen molar-refractivity contribution >= 4 is 16.0 Å². The summed E-state index contributed by atoms with van der Waals surface area (Å²) >= 11 is 0. The third-order valence-electron chi connectivity index (χ3n) is 5.48. The molecule has 1 heterocycles. The molecule has 0 aromatic heterocycles. The molecule has 0 radical (unpaired) electrons. The smallest absolute Gasteiger partial charge is 0.240 e. The van der Waals surface area contributed by atoms with Crippen molar-refractivity contribution in [3.8, 4) is 0 Å². The van der Waals surface area contributed by atoms with E-state index in [-0.39, 0.29) is 0 Å². The number of hydrogen-bond acceptors (Lipinski definition) is 3. The summed E-state index contributed by atoms with van der Waals surface area (Å²) in [6.07, 6.45) is 5.26. The molecule has 1 saturated carbocycles. The van der Waals surface area contributed by atoms with Crippen LogP contribution in [0.3, 0.4) is 0 Å². The zero-order chi connectivity index (χ0) is 18.6. The van der Waals surface area contributed by atoms with Crippen molar-refractivity contribution < 1.29 is 8.42 Å². The third kappa shape index (κ3) is 4.38. The maximum Gasteiger partial charge on any atom is 0.240 e. The zero-order valence-corrected chi connectivity index (χ0v) is 16.6. The Hall–Kier alpha value is -1.60. The second-order valence-electron chi connectivity index (χ2n) is 7.47. The van der Waals surface area contributed by atoms with Crippen molar-refractivity contribution in [1.29, 1.82) is 0 Å². The lowest BCUT2D eigenvalue weighted by atomic mass is 9.68. The Morgan fingerprint density at radius 3 is 2.54 bits per heavy atom. The van der Waals surface area contributed by atoms with Gasteiger partial charge in [0.1, 0.15) is 0 Å². The van der Waals surface area contributed by atoms with Gasteiger partial charge in [-0.05, 0) is 50.7 Å². The van der Waals surface area contributed by atoms with Gasteiger partial charge >= 0.3 is 0 Å². The molecule has 2 aliphatic rings. The molecule has 0 atom stereocenters. The van der Waals surface area contributed by atoms with Gasteiger partial charge in [0.05, 0.1) is 11.4 Å². The molecule has 0 amide bonds. The van der Waals surface area contributed by atoms with Crippen LogP contribution in [0.15, 0.2) is 34.2 Å². The Morgan fingerprint density at radius 2 is 1.96 bits per heavy atom. The van der Waals surface area contributed by atoms with Crippen LogP contribution in [0.4, 0.5) is 0 Å². The summed E-state index contributed by atoms with van der Waals surface area (Å²) in [6.45, 7) is 7.66. The van der Waals surface area contributed by atoms with Crippen molar-refractivity contribution in [3.05, 3.63) is 29.8 Å². The van der Waals surface area contributed by atoms with E-state index in [9.17, 15) is 8.42 Å². The third-order valence-corrected chi connectivity index (χ3v) is 6.96. The Kier molecular flexibility index (Phi) is 5.87. The van der Waals surface area contributed by atoms with Gasteiger partial charge in [0.15, 0.2) is 5.96 Å². The number of hydrogen-bond donors (Lipinski definition) is 2. The number of nitrogens with one attached hydrogen (secondary N) is 2. The highest BCUT2D eigenvalue weighted by Gasteiger charge is 2.43. The van der Waals surface area contributed by atoms with Gasteiger partial charge in [0, 0.05) is 26.2 Å². The fourth-order valence-electron chi connectivity index (χ4n) is 3.77. The number of sulfonamides is 1. The fraction of sp³-hybridized carbons (Fsp3) is 0.632. The Bertz CT molecular complexity index is 739. The van der Waals surface area contributed by atoms with E-state index in [4.69, 9.17) is 0 Å². The lowest BCUT2D eigenvalue weighted by Gasteiger charge is -2.38. The molecule has 144 valence electrons. The molecule has 3 rings (SSSR count). The maximum atomic E-state index is 12.3. The molecule has 2 N–H and O–H groups in total. The van der Waals surface area contributed by atoms with Crippen LogP contribution >= 0.6 is 0 Å². The number of guanidine groups is 1. The van der Waals surface area contributed by atoms with Gasteiger partial charge in [-0.25, -0.2) is 13.1 Å². The van der Waals surface area contributed by atoms with Gasteiger partial charge < -0.3 is 10.2 Å². The molecular weight excluding hydrogens is 348 g/mol. The maximum absolute atomic E-state index is 12.3. The van der Waals surface area contributed by atoms with E-state index >= 15 is 0 Å². The summed E-state index contributed by atoms with van der Waals surface area (Å²) in [5.74, 6) is 0.908. The van der Waals surface area contributed by atoms with E-state index in [1.54, 1.807) is 24.3 Å². The first-order valence-electron chi connectivity index (χ1n) is 9.54. The molecular formula is C19H30N4O2S. The summed E-state index contributed by atoms with van der Waals surface area (Å²) in [5, 5.41) is 3.34. The van der Waals surface area contributed by atoms with Crippen molar-refractivity contribution in [2.75, 3.05) is 32.7 Å². The highest BCUT2D eigenvalue weighted by Crippen LogP contribution is 2.47. The number of benzene rings is 1. The van der Waals surface area contributed by atoms with Crippen LogP contribution in [0.25, 0.3) is 0 Å². The van der Waals surface area contributed by atoms with E-state index in [0.29, 0.717) is 23.4 Å². The van der Waals surface area contributed by atoms with E-state index in [0.717, 1.165) is 31.2 Å². The normalized spacial score (nSPS) is 19.6. The van der Waals surface area contributed by atoms with Gasteiger partial charge in [0.2, 0.25) is 10.0 Å². The molecule has 6 nitrogen and oxygen atoms in total. The number of nitrogens with zero attached hydrogens (tertiary/aromatic N) is 2. The second kappa shape index (κ2) is 7.96. The average molecular weight is 379 g/mol. The minimum absolute atomic E-state index is 0.296. The van der Waals surface area contributed by atoms with Crippen molar-refractivity contribution in [1.82, 2.24) is 14.9 Å². The van der Waals surface area contributed by atoms with Gasteiger partial charge in [-0.15, -0.1) is 0 Å². The SMILES string of the molecule is CCNC(=NCCNS(=O)(=O)c1ccc(C)cc1)N1CCC2(CCC2)C1. The molecule has 7 heteroatoms. The summed E-state index contributed by atoms with van der Waals surface area (Å²) in [5.41, 5.74) is 1.56. The van der Waals surface area contributed by atoms with E-state index in [1.807, 2.05) is 6.92 Å².